The SMILES string of the molecule is Cc1coc(Sc2nc(Br)cn3ccnc23)n1. The van der Waals surface area contributed by atoms with E-state index in [2.05, 4.69) is 30.9 Å². The van der Waals surface area contributed by atoms with E-state index in [0.29, 0.717) is 5.22 Å². The number of fused-ring (bicyclic) bond motifs is 1. The van der Waals surface area contributed by atoms with Crippen LogP contribution in [0.15, 0.2) is 44.1 Å². The molecule has 7 heteroatoms. The fourth-order valence-corrected chi connectivity index (χ4v) is 2.76. The van der Waals surface area contributed by atoms with Gasteiger partial charge in [-0.1, -0.05) is 0 Å². The van der Waals surface area contributed by atoms with Crippen LogP contribution in [0.5, 0.6) is 0 Å². The van der Waals surface area contributed by atoms with Crippen molar-refractivity contribution in [2.24, 2.45) is 0 Å². The topological polar surface area (TPSA) is 56.2 Å². The predicted molar refractivity (Wildman–Crippen MR) is 66.1 cm³/mol. The standard InChI is InChI=1S/C10H7BrN4OS/c1-6-5-16-10(13-6)17-9-8-12-2-3-15(8)4-7(11)14-9/h2-5H,1H3. The van der Waals surface area contributed by atoms with Crippen molar-refractivity contribution in [3.63, 3.8) is 0 Å². The number of rotatable bonds is 2. The minimum absolute atomic E-state index is 0.568. The average Bonchev–Trinajstić information content (AvgIpc) is 2.87. The molecule has 0 aliphatic rings. The third kappa shape index (κ3) is 2.07. The summed E-state index contributed by atoms with van der Waals surface area (Å²) in [4.78, 5) is 12.9. The van der Waals surface area contributed by atoms with Crippen molar-refractivity contribution in [1.29, 1.82) is 0 Å². The number of aryl methyl sites for hydroxylation is 1. The molecule has 0 aliphatic heterocycles. The number of imidazole rings is 1. The van der Waals surface area contributed by atoms with Gasteiger partial charge in [0.1, 0.15) is 15.9 Å². The van der Waals surface area contributed by atoms with Crippen molar-refractivity contribution in [1.82, 2.24) is 19.4 Å². The molecule has 0 radical (unpaired) electrons. The van der Waals surface area contributed by atoms with Crippen molar-refractivity contribution in [3.05, 3.63) is 35.2 Å². The Labute approximate surface area is 109 Å². The molecule has 0 atom stereocenters. The van der Waals surface area contributed by atoms with E-state index < -0.39 is 0 Å². The Bertz CT molecular complexity index is 678. The summed E-state index contributed by atoms with van der Waals surface area (Å²) in [6, 6.07) is 0. The van der Waals surface area contributed by atoms with Gasteiger partial charge in [-0.05, 0) is 34.6 Å². The first-order valence-electron chi connectivity index (χ1n) is 4.81. The number of nitrogens with zero attached hydrogens (tertiary/aromatic N) is 4. The van der Waals surface area contributed by atoms with Gasteiger partial charge in [0.15, 0.2) is 5.65 Å². The van der Waals surface area contributed by atoms with Gasteiger partial charge in [-0.15, -0.1) is 0 Å². The van der Waals surface area contributed by atoms with Crippen LogP contribution in [-0.4, -0.2) is 19.4 Å². The second kappa shape index (κ2) is 4.15. The largest absolute Gasteiger partial charge is 0.439 e. The lowest BCUT2D eigenvalue weighted by atomic mass is 10.6. The van der Waals surface area contributed by atoms with E-state index in [0.717, 1.165) is 21.0 Å². The number of oxazole rings is 1. The van der Waals surface area contributed by atoms with Crippen LogP contribution < -0.4 is 0 Å². The van der Waals surface area contributed by atoms with E-state index in [1.54, 1.807) is 12.5 Å². The quantitative estimate of drug-likeness (QED) is 0.728. The molecule has 3 aromatic rings. The van der Waals surface area contributed by atoms with Crippen LogP contribution in [0.2, 0.25) is 0 Å². The summed E-state index contributed by atoms with van der Waals surface area (Å²) >= 11 is 4.72. The summed E-state index contributed by atoms with van der Waals surface area (Å²) < 4.78 is 7.94. The molecule has 0 aliphatic carbocycles. The maximum Gasteiger partial charge on any atom is 0.262 e. The molecule has 3 aromatic heterocycles. The average molecular weight is 311 g/mol. The second-order valence-corrected chi connectivity index (χ2v) is 5.14. The Morgan fingerprint density at radius 1 is 1.41 bits per heavy atom. The minimum Gasteiger partial charge on any atom is -0.439 e. The van der Waals surface area contributed by atoms with Crippen molar-refractivity contribution < 1.29 is 4.42 Å². The summed E-state index contributed by atoms with van der Waals surface area (Å²) in [5.41, 5.74) is 1.64. The van der Waals surface area contributed by atoms with Crippen LogP contribution in [-0.2, 0) is 0 Å². The molecule has 0 saturated heterocycles. The highest BCUT2D eigenvalue weighted by atomic mass is 79.9. The van der Waals surface area contributed by atoms with Gasteiger partial charge in [0.05, 0.1) is 5.69 Å². The molecule has 86 valence electrons. The molecule has 0 N–H and O–H groups in total. The molecule has 3 rings (SSSR count). The molecule has 17 heavy (non-hydrogen) atoms. The Kier molecular flexibility index (Phi) is 2.64. The summed E-state index contributed by atoms with van der Waals surface area (Å²) in [7, 11) is 0. The fourth-order valence-electron chi connectivity index (χ4n) is 1.40. The lowest BCUT2D eigenvalue weighted by Crippen LogP contribution is -1.91. The molecule has 0 fully saturated rings. The Balaban J connectivity index is 2.07. The van der Waals surface area contributed by atoms with Gasteiger partial charge >= 0.3 is 0 Å². The molecule has 0 amide bonds. The highest BCUT2D eigenvalue weighted by molar-refractivity contribution is 9.10. The fraction of sp³-hybridized carbons (Fsp3) is 0.100. The first-order valence-corrected chi connectivity index (χ1v) is 6.42. The molecule has 0 aromatic carbocycles. The van der Waals surface area contributed by atoms with Crippen LogP contribution in [0.4, 0.5) is 0 Å². The van der Waals surface area contributed by atoms with E-state index >= 15 is 0 Å². The third-order valence-electron chi connectivity index (χ3n) is 2.10. The molecule has 0 bridgehead atoms. The summed E-state index contributed by atoms with van der Waals surface area (Å²) in [6.45, 7) is 1.88. The van der Waals surface area contributed by atoms with E-state index in [9.17, 15) is 0 Å². The predicted octanol–water partition coefficient (Wildman–Crippen LogP) is 2.94. The molecule has 0 saturated carbocycles. The van der Waals surface area contributed by atoms with Gasteiger partial charge in [0, 0.05) is 18.6 Å². The van der Waals surface area contributed by atoms with E-state index in [4.69, 9.17) is 4.42 Å². The zero-order valence-corrected chi connectivity index (χ0v) is 11.2. The zero-order valence-electron chi connectivity index (χ0n) is 8.79. The molecule has 5 nitrogen and oxygen atoms in total. The molecular weight excluding hydrogens is 304 g/mol. The summed E-state index contributed by atoms with van der Waals surface area (Å²) in [5.74, 6) is 0. The van der Waals surface area contributed by atoms with Gasteiger partial charge in [-0.3, -0.25) is 0 Å². The highest BCUT2D eigenvalue weighted by Gasteiger charge is 2.11. The first kappa shape index (κ1) is 10.8. The van der Waals surface area contributed by atoms with Crippen molar-refractivity contribution >= 4 is 33.3 Å². The zero-order chi connectivity index (χ0) is 11.8. The number of hydrogen-bond donors (Lipinski definition) is 0. The van der Waals surface area contributed by atoms with Crippen molar-refractivity contribution in [2.75, 3.05) is 0 Å². The van der Waals surface area contributed by atoms with E-state index in [-0.39, 0.29) is 0 Å². The molecular formula is C10H7BrN4OS. The normalized spacial score (nSPS) is 11.2. The molecule has 0 spiro atoms. The van der Waals surface area contributed by atoms with E-state index in [1.807, 2.05) is 23.7 Å². The van der Waals surface area contributed by atoms with Crippen LogP contribution in [0, 0.1) is 6.92 Å². The van der Waals surface area contributed by atoms with Crippen molar-refractivity contribution in [2.45, 2.75) is 17.2 Å². The summed E-state index contributed by atoms with van der Waals surface area (Å²) in [5, 5.41) is 1.32. The Morgan fingerprint density at radius 2 is 2.29 bits per heavy atom. The number of aromatic nitrogens is 4. The third-order valence-corrected chi connectivity index (χ3v) is 3.31. The van der Waals surface area contributed by atoms with Crippen molar-refractivity contribution in [3.8, 4) is 0 Å². The number of hydrogen-bond acceptors (Lipinski definition) is 5. The van der Waals surface area contributed by atoms with Crippen LogP contribution in [0.3, 0.4) is 0 Å². The minimum atomic E-state index is 0.568. The van der Waals surface area contributed by atoms with Gasteiger partial charge in [-0.25, -0.2) is 15.0 Å². The molecule has 0 unspecified atom stereocenters. The van der Waals surface area contributed by atoms with Gasteiger partial charge in [0.2, 0.25) is 0 Å². The summed E-state index contributed by atoms with van der Waals surface area (Å²) in [6.07, 6.45) is 7.07. The van der Waals surface area contributed by atoms with Crippen LogP contribution in [0.25, 0.3) is 5.65 Å². The second-order valence-electron chi connectivity index (χ2n) is 3.38. The Morgan fingerprint density at radius 3 is 3.06 bits per heavy atom. The first-order chi connectivity index (χ1) is 8.22. The van der Waals surface area contributed by atoms with E-state index in [1.165, 1.54) is 11.8 Å². The maximum atomic E-state index is 5.29. The maximum absolute atomic E-state index is 5.29. The van der Waals surface area contributed by atoms with Gasteiger partial charge < -0.3 is 8.82 Å². The smallest absolute Gasteiger partial charge is 0.262 e. The highest BCUT2D eigenvalue weighted by Crippen LogP contribution is 2.29. The van der Waals surface area contributed by atoms with Gasteiger partial charge in [0.25, 0.3) is 5.22 Å². The Hall–Kier alpha value is -1.34. The lowest BCUT2D eigenvalue weighted by molar-refractivity contribution is 0.454. The lowest BCUT2D eigenvalue weighted by Gasteiger charge is -2.00. The van der Waals surface area contributed by atoms with Crippen LogP contribution in [0.1, 0.15) is 5.69 Å². The number of halogens is 1. The monoisotopic (exact) mass is 310 g/mol. The van der Waals surface area contributed by atoms with Crippen LogP contribution >= 0.6 is 27.7 Å². The molecule has 3 heterocycles. The van der Waals surface area contributed by atoms with Gasteiger partial charge in [-0.2, -0.15) is 0 Å².